The second-order valence-electron chi connectivity index (χ2n) is 1.62. The van der Waals surface area contributed by atoms with Crippen LogP contribution < -0.4 is 11.3 Å². The van der Waals surface area contributed by atoms with Crippen molar-refractivity contribution in [3.63, 3.8) is 0 Å². The number of hydrazine groups is 1. The van der Waals surface area contributed by atoms with E-state index in [0.29, 0.717) is 0 Å². The minimum absolute atomic E-state index is 0.194. The number of nitrogens with one attached hydrogen (secondary N) is 1. The van der Waals surface area contributed by atoms with Gasteiger partial charge in [0.2, 0.25) is 0 Å². The molecule has 0 saturated heterocycles. The van der Waals surface area contributed by atoms with Gasteiger partial charge in [0.05, 0.1) is 0 Å². The standard InChI is InChI=1S/C3H12N4O3/c1-5-7(2,9-3)10-6(4)8/h5H,4H2,1-3H3. The van der Waals surface area contributed by atoms with Gasteiger partial charge in [-0.3, -0.25) is 5.84 Å². The number of nitrogens with two attached hydrogens (primary N) is 1. The van der Waals surface area contributed by atoms with E-state index in [4.69, 9.17) is 0 Å². The molecule has 1 atom stereocenters. The first-order chi connectivity index (χ1) is 4.54. The van der Waals surface area contributed by atoms with E-state index >= 15 is 0 Å². The maximum atomic E-state index is 10.1. The van der Waals surface area contributed by atoms with Crippen LogP contribution in [0.15, 0.2) is 0 Å². The molecule has 62 valence electrons. The van der Waals surface area contributed by atoms with Gasteiger partial charge in [-0.05, 0) is 4.94 Å². The van der Waals surface area contributed by atoms with Gasteiger partial charge >= 0.3 is 0 Å². The molecular weight excluding hydrogens is 140 g/mol. The van der Waals surface area contributed by atoms with Gasteiger partial charge in [0, 0.05) is 12.0 Å². The summed E-state index contributed by atoms with van der Waals surface area (Å²) in [5.41, 5.74) is 2.53. The molecule has 0 radical (unpaired) electrons. The van der Waals surface area contributed by atoms with Crippen LogP contribution in [-0.4, -0.2) is 31.5 Å². The van der Waals surface area contributed by atoms with Crippen molar-refractivity contribution in [3.8, 4) is 0 Å². The molecule has 10 heavy (non-hydrogen) atoms. The Labute approximate surface area is 58.9 Å². The molecule has 0 aromatic heterocycles. The number of hydrogen-bond acceptors (Lipinski definition) is 6. The summed E-state index contributed by atoms with van der Waals surface area (Å²) in [4.78, 5) is 8.53. The van der Waals surface area contributed by atoms with Crippen LogP contribution in [0.3, 0.4) is 0 Å². The first-order valence-electron chi connectivity index (χ1n) is 2.57. The Morgan fingerprint density at radius 2 is 2.20 bits per heavy atom. The van der Waals surface area contributed by atoms with Crippen molar-refractivity contribution in [2.24, 2.45) is 5.84 Å². The van der Waals surface area contributed by atoms with Gasteiger partial charge < -0.3 is 5.21 Å². The molecule has 0 heterocycles. The van der Waals surface area contributed by atoms with Gasteiger partial charge in [0.1, 0.15) is 7.11 Å². The lowest BCUT2D eigenvalue weighted by Crippen LogP contribution is -2.56. The van der Waals surface area contributed by atoms with E-state index in [1.54, 1.807) is 7.05 Å². The zero-order valence-corrected chi connectivity index (χ0v) is 6.20. The summed E-state index contributed by atoms with van der Waals surface area (Å²) in [7, 11) is 4.37. The molecule has 0 aliphatic heterocycles. The predicted octanol–water partition coefficient (Wildman–Crippen LogP) is -1.35. The van der Waals surface area contributed by atoms with E-state index in [9.17, 15) is 5.21 Å². The molecule has 0 aliphatic carbocycles. The van der Waals surface area contributed by atoms with Crippen molar-refractivity contribution in [2.45, 2.75) is 0 Å². The number of hydrogen-bond donors (Lipinski definition) is 2. The average Bonchev–Trinajstić information content (AvgIpc) is 1.87. The van der Waals surface area contributed by atoms with Crippen LogP contribution in [-0.2, 0) is 9.78 Å². The molecule has 1 unspecified atom stereocenters. The third-order valence-electron chi connectivity index (χ3n) is 0.991. The smallest absolute Gasteiger partial charge is 0.155 e. The molecule has 0 spiro atoms. The van der Waals surface area contributed by atoms with Gasteiger partial charge in [0.25, 0.3) is 0 Å². The summed E-state index contributed by atoms with van der Waals surface area (Å²) in [6, 6.07) is 0. The van der Waals surface area contributed by atoms with Gasteiger partial charge in [-0.15, -0.1) is 15.6 Å². The topological polar surface area (TPSA) is 82.8 Å². The number of nitrogens with zero attached hydrogens (tertiary/aromatic N) is 2. The van der Waals surface area contributed by atoms with Gasteiger partial charge in [0.15, 0.2) is 7.05 Å². The normalized spacial score (nSPS) is 17.4. The van der Waals surface area contributed by atoms with Gasteiger partial charge in [-0.1, -0.05) is 0 Å². The number of rotatable bonds is 4. The quantitative estimate of drug-likeness (QED) is 0.294. The SMILES string of the molecule is CN[N+](C)(OC)ON(N)[O-]. The molecule has 0 fully saturated rings. The Hall–Kier alpha value is -0.280. The van der Waals surface area contributed by atoms with Crippen LogP contribution in [0.25, 0.3) is 0 Å². The van der Waals surface area contributed by atoms with Crippen LogP contribution in [0.4, 0.5) is 0 Å². The van der Waals surface area contributed by atoms with Crippen molar-refractivity contribution in [2.75, 3.05) is 21.2 Å². The Bertz CT molecular complexity index is 93.7. The molecule has 0 aliphatic rings. The molecule has 0 amide bonds. The molecule has 0 saturated carbocycles. The second-order valence-corrected chi connectivity index (χ2v) is 1.62. The Morgan fingerprint density at radius 1 is 1.70 bits per heavy atom. The summed E-state index contributed by atoms with van der Waals surface area (Å²) in [5.74, 6) is 4.65. The highest BCUT2D eigenvalue weighted by molar-refractivity contribution is 4.12. The first-order valence-corrected chi connectivity index (χ1v) is 2.57. The zero-order chi connectivity index (χ0) is 8.20. The largest absolute Gasteiger partial charge is 0.744 e. The fourth-order valence-electron chi connectivity index (χ4n) is 0.319. The summed E-state index contributed by atoms with van der Waals surface area (Å²) in [6.45, 7) is 0. The summed E-state index contributed by atoms with van der Waals surface area (Å²) in [6.07, 6.45) is 0. The minimum atomic E-state index is -0.542. The molecule has 7 heteroatoms. The van der Waals surface area contributed by atoms with Crippen molar-refractivity contribution < 1.29 is 14.7 Å². The van der Waals surface area contributed by atoms with Gasteiger partial charge in [-0.25, -0.2) is 0 Å². The van der Waals surface area contributed by atoms with Crippen molar-refractivity contribution in [1.82, 2.24) is 10.8 Å². The van der Waals surface area contributed by atoms with E-state index < -0.39 is 4.92 Å². The lowest BCUT2D eigenvalue weighted by Gasteiger charge is -2.29. The first kappa shape index (κ1) is 9.72. The molecule has 0 rings (SSSR count). The monoisotopic (exact) mass is 152 g/mol. The fraction of sp³-hybridized carbons (Fsp3) is 1.00. The predicted molar refractivity (Wildman–Crippen MR) is 32.7 cm³/mol. The highest BCUT2D eigenvalue weighted by atomic mass is 17.2. The maximum Gasteiger partial charge on any atom is 0.155 e. The Morgan fingerprint density at radius 3 is 2.30 bits per heavy atom. The van der Waals surface area contributed by atoms with E-state index in [1.807, 2.05) is 0 Å². The third-order valence-corrected chi connectivity index (χ3v) is 0.991. The fourth-order valence-corrected chi connectivity index (χ4v) is 0.319. The molecule has 0 aromatic carbocycles. The molecule has 7 nitrogen and oxygen atoms in total. The highest BCUT2D eigenvalue weighted by Crippen LogP contribution is 1.97. The molecule has 3 N–H and O–H groups in total. The van der Waals surface area contributed by atoms with Crippen LogP contribution >= 0.6 is 0 Å². The minimum Gasteiger partial charge on any atom is -0.744 e. The van der Waals surface area contributed by atoms with E-state index in [-0.39, 0.29) is 5.34 Å². The third kappa shape index (κ3) is 3.03. The van der Waals surface area contributed by atoms with Gasteiger partial charge in [-0.2, -0.15) is 0 Å². The lowest BCUT2D eigenvalue weighted by molar-refractivity contribution is -1.28. The number of hydroxylamine groups is 2. The highest BCUT2D eigenvalue weighted by Gasteiger charge is 2.22. The average molecular weight is 152 g/mol. The zero-order valence-electron chi connectivity index (χ0n) is 6.20. The Kier molecular flexibility index (Phi) is 3.68. The van der Waals surface area contributed by atoms with E-state index in [2.05, 4.69) is 21.0 Å². The second kappa shape index (κ2) is 3.78. The van der Waals surface area contributed by atoms with Crippen molar-refractivity contribution in [1.29, 1.82) is 0 Å². The van der Waals surface area contributed by atoms with Crippen LogP contribution in [0.2, 0.25) is 0 Å². The summed E-state index contributed by atoms with van der Waals surface area (Å²) in [5, 5.41) is 9.92. The molecule has 0 bridgehead atoms. The van der Waals surface area contributed by atoms with Crippen molar-refractivity contribution >= 4 is 0 Å². The molecule has 0 aromatic rings. The summed E-state index contributed by atoms with van der Waals surface area (Å²) >= 11 is 0. The van der Waals surface area contributed by atoms with Crippen LogP contribution in [0.1, 0.15) is 0 Å². The maximum absolute atomic E-state index is 10.1. The van der Waals surface area contributed by atoms with E-state index in [1.165, 1.54) is 14.2 Å². The van der Waals surface area contributed by atoms with Crippen LogP contribution in [0.5, 0.6) is 0 Å². The summed E-state index contributed by atoms with van der Waals surface area (Å²) < 4.78 is 0. The van der Waals surface area contributed by atoms with E-state index in [0.717, 1.165) is 0 Å². The van der Waals surface area contributed by atoms with Crippen molar-refractivity contribution in [3.05, 3.63) is 5.21 Å². The Balaban J connectivity index is 3.80. The lowest BCUT2D eigenvalue weighted by atomic mass is 11.3. The van der Waals surface area contributed by atoms with Crippen LogP contribution in [0, 0.1) is 5.21 Å². The molecular formula is C3H12N4O3. The number of quaternary nitrogens is 1.